The summed E-state index contributed by atoms with van der Waals surface area (Å²) in [7, 11) is -3.04. The average molecular weight is 333 g/mol. The van der Waals surface area contributed by atoms with Gasteiger partial charge in [0.1, 0.15) is 9.84 Å². The molecule has 1 aromatic carbocycles. The summed E-state index contributed by atoms with van der Waals surface area (Å²) in [6, 6.07) is 7.02. The molecule has 0 saturated heterocycles. The maximum Gasteiger partial charge on any atom is 0.236 e. The van der Waals surface area contributed by atoms with E-state index in [2.05, 4.69) is 5.10 Å². The Labute approximate surface area is 128 Å². The number of guanidine groups is 1. The van der Waals surface area contributed by atoms with Gasteiger partial charge in [-0.1, -0.05) is 29.8 Å². The third kappa shape index (κ3) is 7.07. The fourth-order valence-electron chi connectivity index (χ4n) is 1.33. The van der Waals surface area contributed by atoms with E-state index in [1.165, 1.54) is 6.21 Å². The molecule has 0 heterocycles. The smallest absolute Gasteiger partial charge is 0.236 e. The zero-order valence-electron chi connectivity index (χ0n) is 11.5. The molecule has 0 aliphatic rings. The number of hydrogen-bond acceptors (Lipinski definition) is 5. The van der Waals surface area contributed by atoms with Gasteiger partial charge in [-0.3, -0.25) is 5.41 Å². The molecule has 116 valence electrons. The average Bonchev–Trinajstić information content (AvgIpc) is 2.38. The van der Waals surface area contributed by atoms with Crippen molar-refractivity contribution in [2.24, 2.45) is 10.8 Å². The minimum Gasteiger partial charge on any atom is -0.367 e. The Morgan fingerprint density at radius 2 is 2.19 bits per heavy atom. The number of hydroxylamine groups is 1. The Morgan fingerprint density at radius 1 is 1.52 bits per heavy atom. The SMILES string of the molecule is CS(=O)(=O)CCCON(/N=C/c1ccccc1Cl)C(=N)N. The first-order valence-electron chi connectivity index (χ1n) is 6.03. The van der Waals surface area contributed by atoms with Crippen LogP contribution in [0.25, 0.3) is 0 Å². The first-order valence-corrected chi connectivity index (χ1v) is 8.47. The molecule has 0 bridgehead atoms. The topological polar surface area (TPSA) is 109 Å². The summed E-state index contributed by atoms with van der Waals surface area (Å²) in [6.07, 6.45) is 2.83. The number of sulfone groups is 1. The molecule has 0 saturated carbocycles. The van der Waals surface area contributed by atoms with Crippen molar-refractivity contribution in [3.63, 3.8) is 0 Å². The Morgan fingerprint density at radius 3 is 2.76 bits per heavy atom. The molecule has 1 aromatic rings. The summed E-state index contributed by atoms with van der Waals surface area (Å²) < 4.78 is 22.0. The van der Waals surface area contributed by atoms with Crippen LogP contribution in [-0.4, -0.2) is 44.4 Å². The number of benzene rings is 1. The van der Waals surface area contributed by atoms with E-state index in [1.807, 2.05) is 0 Å². The third-order valence-corrected chi connectivity index (χ3v) is 3.66. The normalized spacial score (nSPS) is 11.7. The Balaban J connectivity index is 2.58. The fourth-order valence-corrected chi connectivity index (χ4v) is 2.16. The predicted molar refractivity (Wildman–Crippen MR) is 83.1 cm³/mol. The minimum absolute atomic E-state index is 0.00697. The molecule has 0 atom stereocenters. The van der Waals surface area contributed by atoms with Gasteiger partial charge in [-0.25, -0.2) is 13.3 Å². The Bertz CT molecular complexity index is 619. The van der Waals surface area contributed by atoms with Crippen LogP contribution in [0, 0.1) is 5.41 Å². The van der Waals surface area contributed by atoms with Crippen LogP contribution in [0.1, 0.15) is 12.0 Å². The number of rotatable bonds is 7. The molecule has 0 aliphatic heterocycles. The molecule has 7 nitrogen and oxygen atoms in total. The van der Waals surface area contributed by atoms with E-state index in [4.69, 9.17) is 27.6 Å². The molecule has 0 unspecified atom stereocenters. The largest absolute Gasteiger partial charge is 0.367 e. The number of nitrogens with zero attached hydrogens (tertiary/aromatic N) is 2. The van der Waals surface area contributed by atoms with E-state index in [0.717, 1.165) is 11.4 Å². The first-order chi connectivity index (χ1) is 9.79. The number of nitrogens with two attached hydrogens (primary N) is 1. The molecule has 0 fully saturated rings. The zero-order chi connectivity index (χ0) is 15.9. The van der Waals surface area contributed by atoms with E-state index < -0.39 is 15.8 Å². The molecule has 0 aliphatic carbocycles. The van der Waals surface area contributed by atoms with Crippen LogP contribution in [-0.2, 0) is 14.7 Å². The molecular weight excluding hydrogens is 316 g/mol. The Hall–Kier alpha value is -1.64. The van der Waals surface area contributed by atoms with Crippen molar-refractivity contribution in [3.05, 3.63) is 34.9 Å². The summed E-state index contributed by atoms with van der Waals surface area (Å²) in [5, 5.41) is 12.5. The van der Waals surface area contributed by atoms with Gasteiger partial charge in [-0.15, -0.1) is 5.17 Å². The molecule has 0 amide bonds. The lowest BCUT2D eigenvalue weighted by Gasteiger charge is -2.15. The van der Waals surface area contributed by atoms with Crippen LogP contribution in [0.2, 0.25) is 5.02 Å². The number of hydrogen-bond donors (Lipinski definition) is 2. The lowest BCUT2D eigenvalue weighted by atomic mass is 10.2. The van der Waals surface area contributed by atoms with Gasteiger partial charge in [-0.05, 0) is 12.5 Å². The van der Waals surface area contributed by atoms with Gasteiger partial charge in [0.2, 0.25) is 5.96 Å². The number of nitrogens with one attached hydrogen (secondary N) is 1. The second kappa shape index (κ2) is 7.96. The van der Waals surface area contributed by atoms with E-state index >= 15 is 0 Å². The molecule has 0 radical (unpaired) electrons. The van der Waals surface area contributed by atoms with Crippen molar-refractivity contribution in [1.29, 1.82) is 5.41 Å². The predicted octanol–water partition coefficient (Wildman–Crippen LogP) is 1.24. The van der Waals surface area contributed by atoms with Crippen molar-refractivity contribution < 1.29 is 13.3 Å². The second-order valence-corrected chi connectivity index (χ2v) is 6.91. The van der Waals surface area contributed by atoms with E-state index in [9.17, 15) is 8.42 Å². The second-order valence-electron chi connectivity index (χ2n) is 4.24. The fraction of sp³-hybridized carbons (Fsp3) is 0.333. The zero-order valence-corrected chi connectivity index (χ0v) is 13.1. The van der Waals surface area contributed by atoms with E-state index in [0.29, 0.717) is 10.6 Å². The maximum atomic E-state index is 11.0. The van der Waals surface area contributed by atoms with Crippen LogP contribution < -0.4 is 5.73 Å². The van der Waals surface area contributed by atoms with Crippen molar-refractivity contribution in [3.8, 4) is 0 Å². The molecule has 1 rings (SSSR count). The van der Waals surface area contributed by atoms with Crippen molar-refractivity contribution >= 4 is 33.6 Å². The highest BCUT2D eigenvalue weighted by atomic mass is 35.5. The summed E-state index contributed by atoms with van der Waals surface area (Å²) >= 11 is 5.96. The van der Waals surface area contributed by atoms with Crippen molar-refractivity contribution in [1.82, 2.24) is 5.17 Å². The van der Waals surface area contributed by atoms with E-state index in [-0.39, 0.29) is 18.8 Å². The number of hydrazone groups is 1. The summed E-state index contributed by atoms with van der Waals surface area (Å²) in [5.74, 6) is -0.426. The summed E-state index contributed by atoms with van der Waals surface area (Å²) in [5.41, 5.74) is 5.97. The van der Waals surface area contributed by atoms with Gasteiger partial charge in [-0.2, -0.15) is 5.10 Å². The van der Waals surface area contributed by atoms with Crippen LogP contribution in [0.5, 0.6) is 0 Å². The van der Waals surface area contributed by atoms with Crippen molar-refractivity contribution in [2.75, 3.05) is 18.6 Å². The molecule has 3 N–H and O–H groups in total. The molecular formula is C12H17ClN4O3S. The van der Waals surface area contributed by atoms with Crippen molar-refractivity contribution in [2.45, 2.75) is 6.42 Å². The monoisotopic (exact) mass is 332 g/mol. The van der Waals surface area contributed by atoms with Gasteiger partial charge < -0.3 is 5.73 Å². The lowest BCUT2D eigenvalue weighted by Crippen LogP contribution is -2.33. The molecule has 0 aromatic heterocycles. The minimum atomic E-state index is -3.04. The van der Waals surface area contributed by atoms with Gasteiger partial charge in [0, 0.05) is 16.8 Å². The Kier molecular flexibility index (Phi) is 6.60. The van der Waals surface area contributed by atoms with Crippen LogP contribution in [0.4, 0.5) is 0 Å². The highest BCUT2D eigenvalue weighted by Crippen LogP contribution is 2.12. The molecule has 0 spiro atoms. The van der Waals surface area contributed by atoms with E-state index in [1.54, 1.807) is 24.3 Å². The van der Waals surface area contributed by atoms with Gasteiger partial charge >= 0.3 is 0 Å². The number of halogens is 1. The quantitative estimate of drug-likeness (QED) is 0.338. The highest BCUT2D eigenvalue weighted by molar-refractivity contribution is 7.90. The highest BCUT2D eigenvalue weighted by Gasteiger charge is 2.07. The molecule has 21 heavy (non-hydrogen) atoms. The molecule has 9 heteroatoms. The summed E-state index contributed by atoms with van der Waals surface area (Å²) in [6.45, 7) is 0.0759. The summed E-state index contributed by atoms with van der Waals surface area (Å²) in [4.78, 5) is 5.14. The maximum absolute atomic E-state index is 11.0. The third-order valence-electron chi connectivity index (χ3n) is 2.29. The lowest BCUT2D eigenvalue weighted by molar-refractivity contribution is -0.0993. The van der Waals surface area contributed by atoms with Crippen LogP contribution >= 0.6 is 11.6 Å². The van der Waals surface area contributed by atoms with Crippen LogP contribution in [0.15, 0.2) is 29.4 Å². The first kappa shape index (κ1) is 17.4. The standard InChI is InChI=1S/C12H17ClN4O3S/c1-21(18,19)8-4-7-20-17(12(14)15)16-9-10-5-2-3-6-11(10)13/h2-3,5-6,9H,4,7-8H2,1H3,(H3,14,15)/b16-9+. The van der Waals surface area contributed by atoms with Crippen LogP contribution in [0.3, 0.4) is 0 Å². The van der Waals surface area contributed by atoms with Gasteiger partial charge in [0.15, 0.2) is 0 Å². The van der Waals surface area contributed by atoms with Gasteiger partial charge in [0.25, 0.3) is 0 Å². The van der Waals surface area contributed by atoms with Gasteiger partial charge in [0.05, 0.1) is 18.6 Å².